The number of aliphatic hydroxyl groups is 1. The molecule has 2 rings (SSSR count). The summed E-state index contributed by atoms with van der Waals surface area (Å²) >= 11 is 0. The van der Waals surface area contributed by atoms with Crippen molar-refractivity contribution in [3.63, 3.8) is 0 Å². The van der Waals surface area contributed by atoms with E-state index in [4.69, 9.17) is 0 Å². The van der Waals surface area contributed by atoms with E-state index in [1.807, 2.05) is 0 Å². The Hall–Kier alpha value is -1.56. The lowest BCUT2D eigenvalue weighted by Gasteiger charge is -2.20. The summed E-state index contributed by atoms with van der Waals surface area (Å²) in [5.41, 5.74) is 0.658. The van der Waals surface area contributed by atoms with Crippen LogP contribution in [0.25, 0.3) is 0 Å². The van der Waals surface area contributed by atoms with Crippen LogP contribution in [0.2, 0.25) is 0 Å². The number of carbonyl (C=O) groups is 1. The summed E-state index contributed by atoms with van der Waals surface area (Å²) in [6.07, 6.45) is 5.05. The number of aryl methyl sites for hydroxylation is 1. The van der Waals surface area contributed by atoms with Crippen molar-refractivity contribution in [3.8, 4) is 0 Å². The molecule has 1 aliphatic carbocycles. The van der Waals surface area contributed by atoms with Gasteiger partial charge >= 0.3 is 6.03 Å². The Labute approximate surface area is 100 Å². The van der Waals surface area contributed by atoms with Gasteiger partial charge in [-0.15, -0.1) is 0 Å². The van der Waals surface area contributed by atoms with Crippen molar-refractivity contribution >= 4 is 11.7 Å². The van der Waals surface area contributed by atoms with Crippen molar-refractivity contribution < 1.29 is 9.90 Å². The fourth-order valence-electron chi connectivity index (χ4n) is 1.70. The Kier molecular flexibility index (Phi) is 3.33. The summed E-state index contributed by atoms with van der Waals surface area (Å²) in [5, 5.41) is 16.4. The number of amides is 2. The number of aliphatic hydroxyl groups excluding tert-OH is 1. The summed E-state index contributed by atoms with van der Waals surface area (Å²) in [6.45, 7) is 0.372. The van der Waals surface area contributed by atoms with Crippen molar-refractivity contribution in [2.75, 3.05) is 18.9 Å². The second-order valence-corrected chi connectivity index (χ2v) is 4.62. The largest absolute Gasteiger partial charge is 0.391 e. The molecule has 1 aromatic heterocycles. The van der Waals surface area contributed by atoms with E-state index >= 15 is 0 Å². The monoisotopic (exact) mass is 238 g/mol. The number of urea groups is 1. The third-order valence-corrected chi connectivity index (χ3v) is 2.93. The zero-order valence-electron chi connectivity index (χ0n) is 10.1. The molecule has 0 saturated heterocycles. The van der Waals surface area contributed by atoms with E-state index in [0.717, 1.165) is 12.8 Å². The molecule has 1 saturated carbocycles. The maximum atomic E-state index is 11.8. The van der Waals surface area contributed by atoms with Crippen molar-refractivity contribution in [3.05, 3.63) is 12.4 Å². The van der Waals surface area contributed by atoms with Gasteiger partial charge in [-0.05, 0) is 18.8 Å². The van der Waals surface area contributed by atoms with Crippen LogP contribution in [0.15, 0.2) is 12.4 Å². The molecule has 1 heterocycles. The molecule has 6 nitrogen and oxygen atoms in total. The van der Waals surface area contributed by atoms with Crippen LogP contribution in [0.1, 0.15) is 12.8 Å². The van der Waals surface area contributed by atoms with Gasteiger partial charge in [0.2, 0.25) is 0 Å². The van der Waals surface area contributed by atoms with E-state index in [-0.39, 0.29) is 6.03 Å². The van der Waals surface area contributed by atoms with Gasteiger partial charge in [0.25, 0.3) is 0 Å². The topological polar surface area (TPSA) is 70.4 Å². The first kappa shape index (κ1) is 11.9. The average Bonchev–Trinajstić information content (AvgIpc) is 3.04. The summed E-state index contributed by atoms with van der Waals surface area (Å²) < 4.78 is 1.62. The van der Waals surface area contributed by atoms with Gasteiger partial charge in [0.1, 0.15) is 0 Å². The van der Waals surface area contributed by atoms with Crippen LogP contribution in [-0.4, -0.2) is 45.5 Å². The fraction of sp³-hybridized carbons (Fsp3) is 0.636. The Bertz CT molecular complexity index is 400. The molecule has 1 atom stereocenters. The SMILES string of the molecule is CN(CC(O)C1CC1)C(=O)Nc1cnn(C)c1. The van der Waals surface area contributed by atoms with Gasteiger partial charge in [-0.25, -0.2) is 4.79 Å². The van der Waals surface area contributed by atoms with Gasteiger partial charge in [-0.2, -0.15) is 5.10 Å². The second kappa shape index (κ2) is 4.75. The predicted molar refractivity (Wildman–Crippen MR) is 63.6 cm³/mol. The van der Waals surface area contributed by atoms with Gasteiger partial charge < -0.3 is 15.3 Å². The Morgan fingerprint density at radius 2 is 2.47 bits per heavy atom. The summed E-state index contributed by atoms with van der Waals surface area (Å²) in [6, 6.07) is -0.224. The van der Waals surface area contributed by atoms with Crippen molar-refractivity contribution in [2.24, 2.45) is 13.0 Å². The summed E-state index contributed by atoms with van der Waals surface area (Å²) in [5.74, 6) is 0.378. The molecule has 1 aliphatic rings. The van der Waals surface area contributed by atoms with Crippen molar-refractivity contribution in [1.82, 2.24) is 14.7 Å². The Morgan fingerprint density at radius 3 is 3.00 bits per heavy atom. The molecule has 2 N–H and O–H groups in total. The molecular formula is C11H18N4O2. The van der Waals surface area contributed by atoms with Crippen LogP contribution in [0.4, 0.5) is 10.5 Å². The van der Waals surface area contributed by atoms with Crippen LogP contribution >= 0.6 is 0 Å². The van der Waals surface area contributed by atoms with Crippen LogP contribution < -0.4 is 5.32 Å². The number of nitrogens with zero attached hydrogens (tertiary/aromatic N) is 3. The highest BCUT2D eigenvalue weighted by Crippen LogP contribution is 2.32. The standard InChI is InChI=1S/C11H18N4O2/c1-14(7-10(16)8-3-4-8)11(17)13-9-5-12-15(2)6-9/h5-6,8,10,16H,3-4,7H2,1-2H3,(H,13,17). The quantitative estimate of drug-likeness (QED) is 0.809. The van der Waals surface area contributed by atoms with Gasteiger partial charge in [0, 0.05) is 26.8 Å². The Morgan fingerprint density at radius 1 is 1.76 bits per heavy atom. The molecule has 1 aromatic rings. The maximum Gasteiger partial charge on any atom is 0.321 e. The first-order valence-electron chi connectivity index (χ1n) is 5.75. The minimum atomic E-state index is -0.403. The molecule has 0 radical (unpaired) electrons. The average molecular weight is 238 g/mol. The number of nitrogens with one attached hydrogen (secondary N) is 1. The van der Waals surface area contributed by atoms with Crippen LogP contribution in [0.5, 0.6) is 0 Å². The smallest absolute Gasteiger partial charge is 0.321 e. The third-order valence-electron chi connectivity index (χ3n) is 2.93. The summed E-state index contributed by atoms with van der Waals surface area (Å²) in [4.78, 5) is 13.3. The molecule has 94 valence electrons. The van der Waals surface area contributed by atoms with Crippen molar-refractivity contribution in [2.45, 2.75) is 18.9 Å². The van der Waals surface area contributed by atoms with Crippen LogP contribution in [0, 0.1) is 5.92 Å². The van der Waals surface area contributed by atoms with E-state index < -0.39 is 6.10 Å². The van der Waals surface area contributed by atoms with Gasteiger partial charge in [0.15, 0.2) is 0 Å². The molecular weight excluding hydrogens is 220 g/mol. The number of carbonyl (C=O) groups excluding carboxylic acids is 1. The minimum Gasteiger partial charge on any atom is -0.391 e. The molecule has 6 heteroatoms. The van der Waals surface area contributed by atoms with Crippen LogP contribution in [-0.2, 0) is 7.05 Å². The number of anilines is 1. The van der Waals surface area contributed by atoms with Crippen molar-refractivity contribution in [1.29, 1.82) is 0 Å². The molecule has 0 aromatic carbocycles. The minimum absolute atomic E-state index is 0.224. The molecule has 17 heavy (non-hydrogen) atoms. The van der Waals surface area contributed by atoms with Gasteiger partial charge in [-0.1, -0.05) is 0 Å². The van der Waals surface area contributed by atoms with E-state index in [1.54, 1.807) is 31.2 Å². The number of hydrogen-bond donors (Lipinski definition) is 2. The highest BCUT2D eigenvalue weighted by molar-refractivity contribution is 5.88. The first-order valence-corrected chi connectivity index (χ1v) is 5.75. The second-order valence-electron chi connectivity index (χ2n) is 4.62. The third kappa shape index (κ3) is 3.20. The normalized spacial score (nSPS) is 16.6. The highest BCUT2D eigenvalue weighted by Gasteiger charge is 2.31. The zero-order chi connectivity index (χ0) is 12.4. The highest BCUT2D eigenvalue weighted by atomic mass is 16.3. The number of rotatable bonds is 4. The molecule has 0 spiro atoms. The molecule has 2 amide bonds. The van der Waals surface area contributed by atoms with Crippen LogP contribution in [0.3, 0.4) is 0 Å². The number of hydrogen-bond acceptors (Lipinski definition) is 3. The van der Waals surface area contributed by atoms with E-state index in [0.29, 0.717) is 18.2 Å². The first-order chi connectivity index (χ1) is 8.06. The Balaban J connectivity index is 1.82. The lowest BCUT2D eigenvalue weighted by Crippen LogP contribution is -2.37. The van der Waals surface area contributed by atoms with E-state index in [9.17, 15) is 9.90 Å². The van der Waals surface area contributed by atoms with E-state index in [2.05, 4.69) is 10.4 Å². The van der Waals surface area contributed by atoms with Gasteiger partial charge in [-0.3, -0.25) is 4.68 Å². The molecule has 0 bridgehead atoms. The molecule has 0 aliphatic heterocycles. The lowest BCUT2D eigenvalue weighted by molar-refractivity contribution is 0.117. The number of likely N-dealkylation sites (N-methyl/N-ethyl adjacent to an activating group) is 1. The maximum absolute atomic E-state index is 11.8. The predicted octanol–water partition coefficient (Wildman–Crippen LogP) is 0.655. The summed E-state index contributed by atoms with van der Waals surface area (Å²) in [7, 11) is 3.47. The zero-order valence-corrected chi connectivity index (χ0v) is 10.1. The fourth-order valence-corrected chi connectivity index (χ4v) is 1.70. The molecule has 1 fully saturated rings. The van der Waals surface area contributed by atoms with E-state index in [1.165, 1.54) is 4.90 Å². The lowest BCUT2D eigenvalue weighted by atomic mass is 10.2. The van der Waals surface area contributed by atoms with Gasteiger partial charge in [0.05, 0.1) is 18.0 Å². The number of aromatic nitrogens is 2. The molecule has 1 unspecified atom stereocenters.